The van der Waals surface area contributed by atoms with Crippen LogP contribution >= 0.6 is 15.9 Å². The molecule has 0 radical (unpaired) electrons. The number of benzene rings is 4. The predicted molar refractivity (Wildman–Crippen MR) is 114 cm³/mol. The molecule has 0 bridgehead atoms. The maximum atomic E-state index is 6.26. The Bertz CT molecular complexity index is 1490. The number of halogens is 1. The molecule has 0 saturated carbocycles. The van der Waals surface area contributed by atoms with Crippen molar-refractivity contribution in [3.8, 4) is 11.1 Å². The summed E-state index contributed by atoms with van der Waals surface area (Å²) in [4.78, 5) is 0. The van der Waals surface area contributed by atoms with E-state index >= 15 is 0 Å². The van der Waals surface area contributed by atoms with Gasteiger partial charge in [-0.1, -0.05) is 60.7 Å². The van der Waals surface area contributed by atoms with E-state index in [1.807, 2.05) is 42.5 Å². The highest BCUT2D eigenvalue weighted by atomic mass is 79.9. The van der Waals surface area contributed by atoms with E-state index in [-0.39, 0.29) is 0 Å². The first-order valence-electron chi connectivity index (χ1n) is 8.81. The Morgan fingerprint density at radius 3 is 2.15 bits per heavy atom. The van der Waals surface area contributed by atoms with Crippen LogP contribution in [-0.4, -0.2) is 0 Å². The van der Waals surface area contributed by atoms with Crippen molar-refractivity contribution in [2.24, 2.45) is 0 Å². The minimum absolute atomic E-state index is 0.872. The molecule has 6 aromatic rings. The van der Waals surface area contributed by atoms with Gasteiger partial charge in [-0.3, -0.25) is 0 Å². The van der Waals surface area contributed by atoms with Crippen molar-refractivity contribution >= 4 is 59.8 Å². The fourth-order valence-corrected chi connectivity index (χ4v) is 4.44. The average Bonchev–Trinajstić information content (AvgIpc) is 3.27. The number of furan rings is 2. The van der Waals surface area contributed by atoms with Crippen LogP contribution in [0, 0.1) is 0 Å². The van der Waals surface area contributed by atoms with Gasteiger partial charge in [0, 0.05) is 27.1 Å². The fourth-order valence-electron chi connectivity index (χ4n) is 4.00. The average molecular weight is 413 g/mol. The maximum absolute atomic E-state index is 6.26. The van der Waals surface area contributed by atoms with E-state index in [2.05, 4.69) is 52.3 Å². The van der Waals surface area contributed by atoms with Crippen molar-refractivity contribution in [2.75, 3.05) is 0 Å². The molecule has 0 N–H and O–H groups in total. The molecule has 0 aliphatic rings. The van der Waals surface area contributed by atoms with Gasteiger partial charge in [-0.05, 0) is 39.7 Å². The molecule has 2 aromatic heterocycles. The molecule has 3 heteroatoms. The van der Waals surface area contributed by atoms with Gasteiger partial charge in [0.05, 0.1) is 4.47 Å². The van der Waals surface area contributed by atoms with E-state index < -0.39 is 0 Å². The number of hydrogen-bond acceptors (Lipinski definition) is 2. The Balaban J connectivity index is 1.78. The standard InChI is InChI=1S/C24H13BrO2/c25-19-11-4-10-18-22-15(7-5-13-21(22)27-24(18)19)17-9-3-8-16-14-6-1-2-12-20(14)26-23(16)17/h1-13H. The van der Waals surface area contributed by atoms with Gasteiger partial charge in [0.1, 0.15) is 22.3 Å². The van der Waals surface area contributed by atoms with Gasteiger partial charge in [0.2, 0.25) is 0 Å². The lowest BCUT2D eigenvalue weighted by Crippen LogP contribution is -1.80. The zero-order valence-electron chi connectivity index (χ0n) is 14.2. The minimum Gasteiger partial charge on any atom is -0.455 e. The molecule has 0 saturated heterocycles. The molecule has 0 unspecified atom stereocenters. The zero-order valence-corrected chi connectivity index (χ0v) is 15.8. The lowest BCUT2D eigenvalue weighted by Gasteiger charge is -2.05. The highest BCUT2D eigenvalue weighted by Crippen LogP contribution is 2.42. The van der Waals surface area contributed by atoms with Gasteiger partial charge in [-0.25, -0.2) is 0 Å². The van der Waals surface area contributed by atoms with Crippen LogP contribution in [-0.2, 0) is 0 Å². The monoisotopic (exact) mass is 412 g/mol. The molecule has 2 heterocycles. The summed E-state index contributed by atoms with van der Waals surface area (Å²) in [7, 11) is 0. The van der Waals surface area contributed by atoms with Gasteiger partial charge in [0.25, 0.3) is 0 Å². The summed E-state index contributed by atoms with van der Waals surface area (Å²) in [6.45, 7) is 0. The van der Waals surface area contributed by atoms with Crippen LogP contribution in [0.4, 0.5) is 0 Å². The van der Waals surface area contributed by atoms with Crippen molar-refractivity contribution in [3.63, 3.8) is 0 Å². The summed E-state index contributed by atoms with van der Waals surface area (Å²) in [5.74, 6) is 0. The fraction of sp³-hybridized carbons (Fsp3) is 0. The van der Waals surface area contributed by atoms with Gasteiger partial charge in [-0.15, -0.1) is 0 Å². The first-order chi connectivity index (χ1) is 13.3. The van der Waals surface area contributed by atoms with Crippen molar-refractivity contribution in [3.05, 3.63) is 83.3 Å². The lowest BCUT2D eigenvalue weighted by molar-refractivity contribution is 0.667. The zero-order chi connectivity index (χ0) is 18.0. The highest BCUT2D eigenvalue weighted by molar-refractivity contribution is 9.10. The minimum atomic E-state index is 0.872. The number of fused-ring (bicyclic) bond motifs is 6. The van der Waals surface area contributed by atoms with E-state index in [0.717, 1.165) is 59.5 Å². The molecule has 0 fully saturated rings. The summed E-state index contributed by atoms with van der Waals surface area (Å²) >= 11 is 3.61. The predicted octanol–water partition coefficient (Wildman–Crippen LogP) is 7.91. The number of hydrogen-bond donors (Lipinski definition) is 0. The van der Waals surface area contributed by atoms with Crippen molar-refractivity contribution in [2.45, 2.75) is 0 Å². The SMILES string of the molecule is Brc1cccc2c1oc1cccc(-c3cccc4c3oc3ccccc34)c12. The van der Waals surface area contributed by atoms with Crippen LogP contribution in [0.5, 0.6) is 0 Å². The summed E-state index contributed by atoms with van der Waals surface area (Å²) in [5, 5.41) is 4.49. The van der Waals surface area contributed by atoms with Crippen LogP contribution in [0.1, 0.15) is 0 Å². The molecular weight excluding hydrogens is 400 g/mol. The van der Waals surface area contributed by atoms with Gasteiger partial charge in [-0.2, -0.15) is 0 Å². The lowest BCUT2D eigenvalue weighted by atomic mass is 9.97. The summed E-state index contributed by atoms with van der Waals surface area (Å²) in [5.41, 5.74) is 5.77. The second-order valence-electron chi connectivity index (χ2n) is 6.68. The first kappa shape index (κ1) is 15.1. The third kappa shape index (κ3) is 2.06. The smallest absolute Gasteiger partial charge is 0.149 e. The Hall–Kier alpha value is -3.04. The van der Waals surface area contributed by atoms with Crippen molar-refractivity contribution in [1.82, 2.24) is 0 Å². The van der Waals surface area contributed by atoms with Crippen LogP contribution in [0.3, 0.4) is 0 Å². The molecule has 6 rings (SSSR count). The molecule has 0 amide bonds. The van der Waals surface area contributed by atoms with Gasteiger partial charge < -0.3 is 8.83 Å². The van der Waals surface area contributed by atoms with E-state index in [1.165, 1.54) is 0 Å². The van der Waals surface area contributed by atoms with Crippen LogP contribution in [0.2, 0.25) is 0 Å². The highest BCUT2D eigenvalue weighted by Gasteiger charge is 2.17. The Morgan fingerprint density at radius 2 is 1.19 bits per heavy atom. The number of para-hydroxylation sites is 3. The van der Waals surface area contributed by atoms with Crippen LogP contribution in [0.25, 0.3) is 55.0 Å². The molecule has 0 atom stereocenters. The van der Waals surface area contributed by atoms with Gasteiger partial charge in [0.15, 0.2) is 0 Å². The molecule has 4 aromatic carbocycles. The van der Waals surface area contributed by atoms with Crippen LogP contribution < -0.4 is 0 Å². The molecular formula is C24H13BrO2. The summed E-state index contributed by atoms with van der Waals surface area (Å²) in [6.07, 6.45) is 0. The number of rotatable bonds is 1. The normalized spacial score (nSPS) is 11.9. The molecule has 0 spiro atoms. The molecule has 0 aliphatic carbocycles. The largest absolute Gasteiger partial charge is 0.455 e. The molecule has 0 aliphatic heterocycles. The Kier molecular flexibility index (Phi) is 3.06. The van der Waals surface area contributed by atoms with Gasteiger partial charge >= 0.3 is 0 Å². The molecule has 2 nitrogen and oxygen atoms in total. The third-order valence-corrected chi connectivity index (χ3v) is 5.79. The quantitative estimate of drug-likeness (QED) is 0.274. The van der Waals surface area contributed by atoms with Crippen molar-refractivity contribution < 1.29 is 8.83 Å². The summed E-state index contributed by atoms with van der Waals surface area (Å²) < 4.78 is 13.4. The van der Waals surface area contributed by atoms with Crippen LogP contribution in [0.15, 0.2) is 92.2 Å². The van der Waals surface area contributed by atoms with E-state index in [4.69, 9.17) is 8.83 Å². The molecule has 128 valence electrons. The van der Waals surface area contributed by atoms with E-state index in [9.17, 15) is 0 Å². The Morgan fingerprint density at radius 1 is 0.519 bits per heavy atom. The van der Waals surface area contributed by atoms with E-state index in [1.54, 1.807) is 0 Å². The second-order valence-corrected chi connectivity index (χ2v) is 7.53. The summed E-state index contributed by atoms with van der Waals surface area (Å²) in [6, 6.07) is 26.9. The topological polar surface area (TPSA) is 26.3 Å². The maximum Gasteiger partial charge on any atom is 0.149 e. The Labute approximate surface area is 163 Å². The molecule has 27 heavy (non-hydrogen) atoms. The third-order valence-electron chi connectivity index (χ3n) is 5.17. The second kappa shape index (κ2) is 5.48. The van der Waals surface area contributed by atoms with E-state index in [0.29, 0.717) is 0 Å². The first-order valence-corrected chi connectivity index (χ1v) is 9.61. The van der Waals surface area contributed by atoms with Crippen molar-refractivity contribution in [1.29, 1.82) is 0 Å².